The number of halogens is 2. The van der Waals surface area contributed by atoms with Crippen molar-refractivity contribution < 1.29 is 17.6 Å². The summed E-state index contributed by atoms with van der Waals surface area (Å²) < 4.78 is 32.0. The maximum absolute atomic E-state index is 13.3. The summed E-state index contributed by atoms with van der Waals surface area (Å²) in [5.74, 6) is -0.578. The number of sulfone groups is 1. The molecule has 0 spiro atoms. The maximum atomic E-state index is 13.3. The topological polar surface area (TPSA) is 67.6 Å². The lowest BCUT2D eigenvalue weighted by Gasteiger charge is -2.22. The van der Waals surface area contributed by atoms with Crippen LogP contribution in [-0.4, -0.2) is 14.3 Å². The van der Waals surface area contributed by atoms with Crippen LogP contribution in [0, 0.1) is 0 Å². The third-order valence-corrected chi connectivity index (χ3v) is 7.81. The Kier molecular flexibility index (Phi) is 6.34. The lowest BCUT2D eigenvalue weighted by atomic mass is 10.2. The van der Waals surface area contributed by atoms with Gasteiger partial charge >= 0.3 is 0 Å². The lowest BCUT2D eigenvalue weighted by molar-refractivity contribution is 0.0953. The summed E-state index contributed by atoms with van der Waals surface area (Å²) in [6, 6.07) is 19.6. The monoisotopic (exact) mass is 535 g/mol. The van der Waals surface area contributed by atoms with E-state index in [-0.39, 0.29) is 22.3 Å². The summed E-state index contributed by atoms with van der Waals surface area (Å²) in [6.07, 6.45) is 0. The van der Waals surface area contributed by atoms with Crippen LogP contribution in [0.5, 0.6) is 0 Å². The predicted octanol–water partition coefficient (Wildman–Crippen LogP) is 6.44. The van der Waals surface area contributed by atoms with Crippen molar-refractivity contribution in [3.05, 3.63) is 98.3 Å². The molecule has 0 bridgehead atoms. The second-order valence-corrected chi connectivity index (χ2v) is 10.7. The number of benzene rings is 2. The van der Waals surface area contributed by atoms with Crippen molar-refractivity contribution in [2.45, 2.75) is 16.5 Å². The summed E-state index contributed by atoms with van der Waals surface area (Å²) >= 11 is 11.1. The molecule has 0 atom stereocenters. The van der Waals surface area contributed by atoms with E-state index in [9.17, 15) is 13.2 Å². The van der Waals surface area contributed by atoms with Gasteiger partial charge in [0.2, 0.25) is 14.9 Å². The van der Waals surface area contributed by atoms with Gasteiger partial charge in [-0.3, -0.25) is 9.69 Å². The molecule has 9 heteroatoms. The van der Waals surface area contributed by atoms with Crippen molar-refractivity contribution in [1.29, 1.82) is 0 Å². The summed E-state index contributed by atoms with van der Waals surface area (Å²) in [5.41, 5.74) is 0.510. The number of hydrogen-bond donors (Lipinski definition) is 0. The highest BCUT2D eigenvalue weighted by Crippen LogP contribution is 2.31. The third-order valence-electron chi connectivity index (χ3n) is 4.46. The van der Waals surface area contributed by atoms with Crippen LogP contribution in [0.15, 0.2) is 97.1 Å². The molecular weight excluding hydrogens is 522 g/mol. The average molecular weight is 537 g/mol. The van der Waals surface area contributed by atoms with E-state index in [1.165, 1.54) is 40.5 Å². The number of furan rings is 1. The summed E-state index contributed by atoms with van der Waals surface area (Å²) in [6.45, 7) is 0.274. The molecule has 2 aromatic heterocycles. The first-order valence-corrected chi connectivity index (χ1v) is 12.6. The number of para-hydroxylation sites is 1. The zero-order valence-electron chi connectivity index (χ0n) is 15.9. The quantitative estimate of drug-likeness (QED) is 0.284. The lowest BCUT2D eigenvalue weighted by Crippen LogP contribution is -2.30. The number of carbonyl (C=O) groups excluding carboxylic acids is 1. The number of carbonyl (C=O) groups is 1. The SMILES string of the molecule is O=C(c1ccc(S(=O)(=O)c2ccc(Br)cc2)o1)N(Cc1cccs1)c1ccccc1Cl. The Bertz CT molecular complexity index is 1320. The highest BCUT2D eigenvalue weighted by Gasteiger charge is 2.27. The van der Waals surface area contributed by atoms with Crippen LogP contribution in [-0.2, 0) is 16.4 Å². The molecular formula is C22H15BrClNO4S2. The van der Waals surface area contributed by atoms with Crippen LogP contribution in [0.1, 0.15) is 15.4 Å². The fourth-order valence-electron chi connectivity index (χ4n) is 2.94. The smallest absolute Gasteiger partial charge is 0.294 e. The van der Waals surface area contributed by atoms with Gasteiger partial charge in [0.15, 0.2) is 5.76 Å². The van der Waals surface area contributed by atoms with Crippen molar-refractivity contribution in [3.8, 4) is 0 Å². The molecule has 0 saturated carbocycles. The average Bonchev–Trinajstić information content (AvgIpc) is 3.45. The van der Waals surface area contributed by atoms with Crippen LogP contribution in [0.2, 0.25) is 5.02 Å². The maximum Gasteiger partial charge on any atom is 0.294 e. The molecule has 0 N–H and O–H groups in total. The second-order valence-electron chi connectivity index (χ2n) is 6.50. The van der Waals surface area contributed by atoms with Gasteiger partial charge in [0, 0.05) is 9.35 Å². The van der Waals surface area contributed by atoms with Gasteiger partial charge in [-0.25, -0.2) is 8.42 Å². The van der Waals surface area contributed by atoms with Gasteiger partial charge in [0.1, 0.15) is 0 Å². The normalized spacial score (nSPS) is 11.4. The number of rotatable bonds is 6. The van der Waals surface area contributed by atoms with E-state index in [1.807, 2.05) is 17.5 Å². The van der Waals surface area contributed by atoms with Gasteiger partial charge in [-0.15, -0.1) is 11.3 Å². The fraction of sp³-hybridized carbons (Fsp3) is 0.0455. The molecule has 0 unspecified atom stereocenters. The Hall–Kier alpha value is -2.39. The van der Waals surface area contributed by atoms with Gasteiger partial charge in [0.05, 0.1) is 22.2 Å². The fourth-order valence-corrected chi connectivity index (χ4v) is 5.31. The first-order valence-electron chi connectivity index (χ1n) is 9.05. The summed E-state index contributed by atoms with van der Waals surface area (Å²) in [5, 5.41) is 2.02. The minimum atomic E-state index is -3.90. The minimum absolute atomic E-state index is 0.0746. The molecule has 4 aromatic rings. The molecule has 158 valence electrons. The number of anilines is 1. The van der Waals surface area contributed by atoms with Crippen molar-refractivity contribution >= 4 is 60.3 Å². The molecule has 5 nitrogen and oxygen atoms in total. The highest BCUT2D eigenvalue weighted by molar-refractivity contribution is 9.10. The molecule has 0 aliphatic rings. The minimum Gasteiger partial charge on any atom is -0.439 e. The number of thiophene rings is 1. The molecule has 0 saturated heterocycles. The summed E-state index contributed by atoms with van der Waals surface area (Å²) in [4.78, 5) is 15.8. The Morgan fingerprint density at radius 2 is 1.74 bits per heavy atom. The number of hydrogen-bond acceptors (Lipinski definition) is 5. The van der Waals surface area contributed by atoms with E-state index in [1.54, 1.807) is 36.4 Å². The van der Waals surface area contributed by atoms with Gasteiger partial charge in [-0.1, -0.05) is 45.7 Å². The van der Waals surface area contributed by atoms with Crippen LogP contribution in [0.3, 0.4) is 0 Å². The standard InChI is InChI=1S/C22H15BrClNO4S2/c23-15-7-9-17(10-8-15)31(27,28)21-12-11-20(29-21)22(26)25(14-16-4-3-13-30-16)19-6-2-1-5-18(19)24/h1-13H,14H2. The van der Waals surface area contributed by atoms with Gasteiger partial charge < -0.3 is 4.42 Å². The van der Waals surface area contributed by atoms with E-state index >= 15 is 0 Å². The van der Waals surface area contributed by atoms with Crippen molar-refractivity contribution in [1.82, 2.24) is 0 Å². The Morgan fingerprint density at radius 1 is 1.00 bits per heavy atom. The first kappa shape index (κ1) is 21.8. The van der Waals surface area contributed by atoms with Gasteiger partial charge in [-0.2, -0.15) is 0 Å². The Balaban J connectivity index is 1.69. The largest absolute Gasteiger partial charge is 0.439 e. The molecule has 2 aromatic carbocycles. The summed E-state index contributed by atoms with van der Waals surface area (Å²) in [7, 11) is -3.90. The molecule has 4 rings (SSSR count). The van der Waals surface area contributed by atoms with Gasteiger partial charge in [-0.05, 0) is 60.0 Å². The molecule has 2 heterocycles. The third kappa shape index (κ3) is 4.62. The molecule has 31 heavy (non-hydrogen) atoms. The van der Waals surface area contributed by atoms with E-state index in [2.05, 4.69) is 15.9 Å². The van der Waals surface area contributed by atoms with Crippen molar-refractivity contribution in [2.75, 3.05) is 4.90 Å². The van der Waals surface area contributed by atoms with Crippen molar-refractivity contribution in [2.24, 2.45) is 0 Å². The van der Waals surface area contributed by atoms with Crippen molar-refractivity contribution in [3.63, 3.8) is 0 Å². The molecule has 0 radical (unpaired) electrons. The number of amides is 1. The molecule has 1 amide bonds. The van der Waals surface area contributed by atoms with Crippen LogP contribution in [0.25, 0.3) is 0 Å². The Morgan fingerprint density at radius 3 is 2.42 bits per heavy atom. The predicted molar refractivity (Wildman–Crippen MR) is 125 cm³/mol. The highest BCUT2D eigenvalue weighted by atomic mass is 79.9. The van der Waals surface area contributed by atoms with E-state index in [0.29, 0.717) is 10.7 Å². The van der Waals surface area contributed by atoms with Crippen LogP contribution in [0.4, 0.5) is 5.69 Å². The van der Waals surface area contributed by atoms with E-state index in [0.717, 1.165) is 9.35 Å². The molecule has 0 fully saturated rings. The van der Waals surface area contributed by atoms with E-state index in [4.69, 9.17) is 16.0 Å². The second kappa shape index (κ2) is 9.00. The van der Waals surface area contributed by atoms with Gasteiger partial charge in [0.25, 0.3) is 5.91 Å². The zero-order valence-corrected chi connectivity index (χ0v) is 19.8. The van der Waals surface area contributed by atoms with Crippen LogP contribution < -0.4 is 4.90 Å². The van der Waals surface area contributed by atoms with Crippen LogP contribution >= 0.6 is 38.9 Å². The first-order chi connectivity index (χ1) is 14.9. The zero-order chi connectivity index (χ0) is 22.0. The van der Waals surface area contributed by atoms with E-state index < -0.39 is 15.7 Å². The molecule has 0 aliphatic carbocycles. The number of nitrogens with zero attached hydrogens (tertiary/aromatic N) is 1. The Labute approximate surface area is 196 Å². The molecule has 0 aliphatic heterocycles.